The first-order chi connectivity index (χ1) is 9.42. The van der Waals surface area contributed by atoms with Crippen molar-refractivity contribution in [1.82, 2.24) is 25.5 Å². The molecule has 0 unspecified atom stereocenters. The number of nitrogens with zero attached hydrogens (tertiary/aromatic N) is 4. The summed E-state index contributed by atoms with van der Waals surface area (Å²) < 4.78 is 1.89. The van der Waals surface area contributed by atoms with Crippen LogP contribution in [0.3, 0.4) is 0 Å². The Balaban J connectivity index is 1.55. The number of nitrogens with one attached hydrogen (secondary N) is 1. The van der Waals surface area contributed by atoms with Crippen LogP contribution in [0.25, 0.3) is 0 Å². The molecule has 1 saturated heterocycles. The molecule has 1 aromatic carbocycles. The Hall–Kier alpha value is -1.40. The summed E-state index contributed by atoms with van der Waals surface area (Å²) in [7, 11) is 0. The molecule has 1 aromatic heterocycles. The molecule has 1 fully saturated rings. The van der Waals surface area contributed by atoms with Crippen molar-refractivity contribution in [3.8, 4) is 0 Å². The average Bonchev–Trinajstić information content (AvgIpc) is 2.81. The van der Waals surface area contributed by atoms with Crippen LogP contribution in [-0.4, -0.2) is 39.0 Å². The number of benzene rings is 1. The number of aromatic nitrogens is 4. The molecule has 100 valence electrons. The Morgan fingerprint density at radius 1 is 1.26 bits per heavy atom. The van der Waals surface area contributed by atoms with Crippen LogP contribution in [0.5, 0.6) is 0 Å². The molecule has 5 nitrogen and oxygen atoms in total. The molecule has 0 radical (unpaired) electrons. The molecule has 0 bridgehead atoms. The second kappa shape index (κ2) is 6.16. The quantitative estimate of drug-likeness (QED) is 0.858. The first-order valence-electron chi connectivity index (χ1n) is 6.49. The highest BCUT2D eigenvalue weighted by Gasteiger charge is 2.16. The van der Waals surface area contributed by atoms with Gasteiger partial charge in [0.15, 0.2) is 5.82 Å². The van der Waals surface area contributed by atoms with E-state index in [1.807, 2.05) is 34.6 Å². The zero-order valence-electron chi connectivity index (χ0n) is 10.7. The topological polar surface area (TPSA) is 55.6 Å². The van der Waals surface area contributed by atoms with Crippen molar-refractivity contribution in [1.29, 1.82) is 0 Å². The maximum absolute atomic E-state index is 4.12. The predicted molar refractivity (Wildman–Crippen MR) is 75.9 cm³/mol. The van der Waals surface area contributed by atoms with Gasteiger partial charge in [0.1, 0.15) is 0 Å². The van der Waals surface area contributed by atoms with Gasteiger partial charge in [0, 0.05) is 0 Å². The van der Waals surface area contributed by atoms with Gasteiger partial charge in [-0.05, 0) is 40.8 Å². The van der Waals surface area contributed by atoms with Gasteiger partial charge in [-0.15, -0.1) is 5.10 Å². The summed E-state index contributed by atoms with van der Waals surface area (Å²) >= 11 is 1.92. The zero-order chi connectivity index (χ0) is 12.9. The van der Waals surface area contributed by atoms with Crippen molar-refractivity contribution in [2.75, 3.05) is 18.8 Å². The Bertz CT molecular complexity index is 509. The first-order valence-corrected chi connectivity index (χ1v) is 7.65. The summed E-state index contributed by atoms with van der Waals surface area (Å²) in [5, 5.41) is 15.3. The Morgan fingerprint density at radius 2 is 2.11 bits per heavy atom. The Labute approximate surface area is 116 Å². The van der Waals surface area contributed by atoms with Gasteiger partial charge in [0.25, 0.3) is 0 Å². The van der Waals surface area contributed by atoms with Crippen molar-refractivity contribution in [2.45, 2.75) is 12.3 Å². The van der Waals surface area contributed by atoms with Crippen LogP contribution < -0.4 is 5.32 Å². The third-order valence-electron chi connectivity index (χ3n) is 3.23. The van der Waals surface area contributed by atoms with E-state index in [9.17, 15) is 0 Å². The average molecular weight is 275 g/mol. The molecule has 2 aromatic rings. The van der Waals surface area contributed by atoms with Gasteiger partial charge in [0.05, 0.1) is 12.3 Å². The van der Waals surface area contributed by atoms with Crippen molar-refractivity contribution in [3.63, 3.8) is 0 Å². The van der Waals surface area contributed by atoms with Crippen LogP contribution in [0, 0.1) is 5.92 Å². The van der Waals surface area contributed by atoms with E-state index in [0.717, 1.165) is 37.1 Å². The summed E-state index contributed by atoms with van der Waals surface area (Å²) in [5.74, 6) is 3.85. The number of tetrazole rings is 1. The molecule has 0 spiro atoms. The van der Waals surface area contributed by atoms with Crippen LogP contribution >= 0.6 is 11.8 Å². The third-order valence-corrected chi connectivity index (χ3v) is 4.40. The lowest BCUT2D eigenvalue weighted by Gasteiger charge is -2.26. The van der Waals surface area contributed by atoms with Gasteiger partial charge in [-0.3, -0.25) is 0 Å². The minimum absolute atomic E-state index is 0.745. The normalized spacial score (nSPS) is 15.4. The van der Waals surface area contributed by atoms with E-state index < -0.39 is 0 Å². The molecule has 1 aliphatic heterocycles. The fourth-order valence-corrected chi connectivity index (χ4v) is 3.07. The zero-order valence-corrected chi connectivity index (χ0v) is 11.5. The van der Waals surface area contributed by atoms with E-state index in [1.54, 1.807) is 0 Å². The molecule has 0 atom stereocenters. The number of hydrogen-bond acceptors (Lipinski definition) is 5. The third kappa shape index (κ3) is 3.33. The highest BCUT2D eigenvalue weighted by Crippen LogP contribution is 2.16. The van der Waals surface area contributed by atoms with Crippen LogP contribution in [0.1, 0.15) is 11.4 Å². The van der Waals surface area contributed by atoms with Gasteiger partial charge in [-0.1, -0.05) is 30.3 Å². The van der Waals surface area contributed by atoms with Gasteiger partial charge < -0.3 is 5.32 Å². The molecule has 1 aliphatic rings. The van der Waals surface area contributed by atoms with Gasteiger partial charge in [-0.2, -0.15) is 11.8 Å². The number of thioether (sulfide) groups is 1. The largest absolute Gasteiger partial charge is 0.316 e. The van der Waals surface area contributed by atoms with Crippen molar-refractivity contribution in [3.05, 3.63) is 41.7 Å². The maximum atomic E-state index is 4.12. The van der Waals surface area contributed by atoms with Crippen LogP contribution in [-0.2, 0) is 12.3 Å². The lowest BCUT2D eigenvalue weighted by Crippen LogP contribution is -2.43. The molecule has 19 heavy (non-hydrogen) atoms. The van der Waals surface area contributed by atoms with Crippen molar-refractivity contribution < 1.29 is 0 Å². The van der Waals surface area contributed by atoms with Gasteiger partial charge in [0.2, 0.25) is 0 Å². The minimum atomic E-state index is 0.745. The Morgan fingerprint density at radius 3 is 2.84 bits per heavy atom. The summed E-state index contributed by atoms with van der Waals surface area (Å²) in [6.07, 6.45) is 0. The molecule has 2 heterocycles. The van der Waals surface area contributed by atoms with Gasteiger partial charge >= 0.3 is 0 Å². The standard InChI is InChI=1S/C13H17N5S/c1-2-4-11(5-3-1)8-18-13(15-16-17-18)10-19-9-12-6-14-7-12/h1-5,12,14H,6-10H2. The second-order valence-electron chi connectivity index (χ2n) is 4.78. The number of hydrogen-bond donors (Lipinski definition) is 1. The van der Waals surface area contributed by atoms with Crippen molar-refractivity contribution in [2.24, 2.45) is 5.92 Å². The highest BCUT2D eigenvalue weighted by atomic mass is 32.2. The summed E-state index contributed by atoms with van der Waals surface area (Å²) in [4.78, 5) is 0. The molecule has 1 N–H and O–H groups in total. The molecule has 0 saturated carbocycles. The monoisotopic (exact) mass is 275 g/mol. The Kier molecular flexibility index (Phi) is 4.10. The summed E-state index contributed by atoms with van der Waals surface area (Å²) in [6.45, 7) is 3.05. The molecule has 6 heteroatoms. The predicted octanol–water partition coefficient (Wildman–Crippen LogP) is 1.17. The van der Waals surface area contributed by atoms with E-state index in [4.69, 9.17) is 0 Å². The SMILES string of the molecule is c1ccc(Cn2nnnc2CSCC2CNC2)cc1. The van der Waals surface area contributed by atoms with Crippen LogP contribution in [0.2, 0.25) is 0 Å². The summed E-state index contributed by atoms with van der Waals surface area (Å²) in [6, 6.07) is 10.3. The molecular formula is C13H17N5S. The highest BCUT2D eigenvalue weighted by molar-refractivity contribution is 7.98. The fraction of sp³-hybridized carbons (Fsp3) is 0.462. The van der Waals surface area contributed by atoms with E-state index >= 15 is 0 Å². The molecule has 0 aliphatic carbocycles. The molecule has 3 rings (SSSR count). The van der Waals surface area contributed by atoms with E-state index in [2.05, 4.69) is 33.0 Å². The first kappa shape index (κ1) is 12.6. The van der Waals surface area contributed by atoms with Gasteiger partial charge in [-0.25, -0.2) is 4.68 Å². The van der Waals surface area contributed by atoms with Crippen molar-refractivity contribution >= 4 is 11.8 Å². The smallest absolute Gasteiger partial charge is 0.161 e. The minimum Gasteiger partial charge on any atom is -0.316 e. The van der Waals surface area contributed by atoms with E-state index in [1.165, 1.54) is 11.3 Å². The molecular weight excluding hydrogens is 258 g/mol. The lowest BCUT2D eigenvalue weighted by molar-refractivity contribution is 0.385. The lowest BCUT2D eigenvalue weighted by atomic mass is 10.1. The maximum Gasteiger partial charge on any atom is 0.161 e. The van der Waals surface area contributed by atoms with Crippen LogP contribution in [0.15, 0.2) is 30.3 Å². The molecule has 0 amide bonds. The van der Waals surface area contributed by atoms with E-state index in [0.29, 0.717) is 0 Å². The number of rotatable bonds is 6. The van der Waals surface area contributed by atoms with Crippen LogP contribution in [0.4, 0.5) is 0 Å². The summed E-state index contributed by atoms with van der Waals surface area (Å²) in [5.41, 5.74) is 1.23. The van der Waals surface area contributed by atoms with E-state index in [-0.39, 0.29) is 0 Å². The second-order valence-corrected chi connectivity index (χ2v) is 5.81. The fourth-order valence-electron chi connectivity index (χ4n) is 1.99.